The molecule has 1 saturated heterocycles. The molecule has 1 fully saturated rings. The Labute approximate surface area is 193 Å². The summed E-state index contributed by atoms with van der Waals surface area (Å²) in [5, 5.41) is 11.1. The first-order valence-electron chi connectivity index (χ1n) is 11.0. The monoisotopic (exact) mass is 476 g/mol. The van der Waals surface area contributed by atoms with Crippen LogP contribution in [0.3, 0.4) is 0 Å². The van der Waals surface area contributed by atoms with E-state index in [1.807, 2.05) is 6.92 Å². The molecule has 184 valence electrons. The van der Waals surface area contributed by atoms with Gasteiger partial charge in [-0.3, -0.25) is 24.1 Å². The molecule has 0 bridgehead atoms. The van der Waals surface area contributed by atoms with Crippen molar-refractivity contribution in [3.05, 3.63) is 0 Å². The van der Waals surface area contributed by atoms with E-state index in [0.717, 1.165) is 23.1 Å². The molecule has 1 aliphatic rings. The molecule has 0 aromatic carbocycles. The summed E-state index contributed by atoms with van der Waals surface area (Å²) < 4.78 is 15.9. The third-order valence-corrected chi connectivity index (χ3v) is 6.17. The summed E-state index contributed by atoms with van der Waals surface area (Å²) in [7, 11) is 1.53. The van der Waals surface area contributed by atoms with Gasteiger partial charge in [0.25, 0.3) is 0 Å². The normalized spacial score (nSPS) is 17.2. The first-order valence-corrected chi connectivity index (χ1v) is 12.1. The fourth-order valence-corrected chi connectivity index (χ4v) is 4.24. The first kappa shape index (κ1) is 28.5. The first-order chi connectivity index (χ1) is 15.4. The molecular weight excluding hydrogens is 440 g/mol. The number of ketones is 1. The van der Waals surface area contributed by atoms with Gasteiger partial charge in [-0.25, -0.2) is 0 Å². The summed E-state index contributed by atoms with van der Waals surface area (Å²) in [6.07, 6.45) is 2.00. The van der Waals surface area contributed by atoms with Gasteiger partial charge < -0.3 is 24.6 Å². The Hall–Kier alpha value is -1.53. The highest BCUT2D eigenvalue weighted by Crippen LogP contribution is 2.26. The third kappa shape index (κ3) is 11.4. The average molecular weight is 477 g/mol. The van der Waals surface area contributed by atoms with Gasteiger partial charge >= 0.3 is 5.97 Å². The molecule has 32 heavy (non-hydrogen) atoms. The highest BCUT2D eigenvalue weighted by Gasteiger charge is 2.39. The van der Waals surface area contributed by atoms with E-state index in [1.165, 1.54) is 7.05 Å². The number of hydrogen-bond donors (Lipinski definition) is 2. The lowest BCUT2D eigenvalue weighted by Gasteiger charge is -2.15. The number of carbonyl (C=O) groups is 4. The second-order valence-corrected chi connectivity index (χ2v) is 8.49. The van der Waals surface area contributed by atoms with Crippen molar-refractivity contribution in [3.8, 4) is 0 Å². The summed E-state index contributed by atoms with van der Waals surface area (Å²) in [5.74, 6) is -1.47. The van der Waals surface area contributed by atoms with Crippen LogP contribution in [0.4, 0.5) is 0 Å². The average Bonchev–Trinajstić information content (AvgIpc) is 3.03. The molecule has 0 aromatic heterocycles. The summed E-state index contributed by atoms with van der Waals surface area (Å²) in [6, 6.07) is -0.782. The Morgan fingerprint density at radius 1 is 1.09 bits per heavy atom. The SMILES string of the molecule is CCOCCOCCOCCCCC(=O)CCN1C(=O)CC(SCC(NC)C(=O)O)C1=O. The second-order valence-electron chi connectivity index (χ2n) is 7.26. The van der Waals surface area contributed by atoms with Gasteiger partial charge in [0.05, 0.1) is 31.7 Å². The molecule has 1 rings (SSSR count). The number of nitrogens with one attached hydrogen (secondary N) is 1. The lowest BCUT2D eigenvalue weighted by atomic mass is 10.1. The number of nitrogens with zero attached hydrogens (tertiary/aromatic N) is 1. The van der Waals surface area contributed by atoms with Crippen LogP contribution in [0.5, 0.6) is 0 Å². The molecule has 0 aromatic rings. The van der Waals surface area contributed by atoms with Gasteiger partial charge in [-0.05, 0) is 26.8 Å². The Balaban J connectivity index is 2.12. The molecule has 10 nitrogen and oxygen atoms in total. The van der Waals surface area contributed by atoms with Crippen LogP contribution in [0.2, 0.25) is 0 Å². The number of ether oxygens (including phenoxy) is 3. The molecule has 1 heterocycles. The Morgan fingerprint density at radius 2 is 1.75 bits per heavy atom. The number of imide groups is 1. The van der Waals surface area contributed by atoms with Gasteiger partial charge in [0.15, 0.2) is 0 Å². The van der Waals surface area contributed by atoms with Crippen molar-refractivity contribution in [2.75, 3.05) is 59.0 Å². The van der Waals surface area contributed by atoms with Gasteiger partial charge in [-0.2, -0.15) is 0 Å². The molecule has 2 unspecified atom stereocenters. The van der Waals surface area contributed by atoms with Crippen LogP contribution in [0, 0.1) is 0 Å². The number of thioether (sulfide) groups is 1. The Kier molecular flexibility index (Phi) is 15.2. The Morgan fingerprint density at radius 3 is 2.38 bits per heavy atom. The van der Waals surface area contributed by atoms with E-state index in [1.54, 1.807) is 0 Å². The maximum Gasteiger partial charge on any atom is 0.321 e. The molecule has 0 radical (unpaired) electrons. The van der Waals surface area contributed by atoms with Crippen molar-refractivity contribution in [2.45, 2.75) is 50.3 Å². The van der Waals surface area contributed by atoms with Crippen molar-refractivity contribution >= 4 is 35.3 Å². The van der Waals surface area contributed by atoms with Crippen molar-refractivity contribution in [1.82, 2.24) is 10.2 Å². The zero-order chi connectivity index (χ0) is 23.8. The van der Waals surface area contributed by atoms with Crippen LogP contribution in [0.15, 0.2) is 0 Å². The molecule has 0 spiro atoms. The molecule has 2 N–H and O–H groups in total. The van der Waals surface area contributed by atoms with E-state index in [-0.39, 0.29) is 42.7 Å². The van der Waals surface area contributed by atoms with Gasteiger partial charge in [0, 0.05) is 44.8 Å². The van der Waals surface area contributed by atoms with Crippen LogP contribution in [-0.4, -0.2) is 104 Å². The maximum atomic E-state index is 12.4. The quantitative estimate of drug-likeness (QED) is 0.191. The second kappa shape index (κ2) is 17.0. The lowest BCUT2D eigenvalue weighted by molar-refractivity contribution is -0.140. The predicted molar refractivity (Wildman–Crippen MR) is 120 cm³/mol. The number of amides is 2. The lowest BCUT2D eigenvalue weighted by Crippen LogP contribution is -2.37. The fourth-order valence-electron chi connectivity index (χ4n) is 2.98. The van der Waals surface area contributed by atoms with Crippen LogP contribution < -0.4 is 5.32 Å². The number of carboxylic acids is 1. The highest BCUT2D eigenvalue weighted by molar-refractivity contribution is 8.00. The number of Topliss-reactive ketones (excluding diaryl/α,β-unsaturated/α-hetero) is 1. The number of hydrogen-bond acceptors (Lipinski definition) is 9. The maximum absolute atomic E-state index is 12.4. The largest absolute Gasteiger partial charge is 0.480 e. The van der Waals surface area contributed by atoms with E-state index in [9.17, 15) is 19.2 Å². The summed E-state index contributed by atoms with van der Waals surface area (Å²) >= 11 is 1.16. The summed E-state index contributed by atoms with van der Waals surface area (Å²) in [5.41, 5.74) is 0. The Bertz CT molecular complexity index is 604. The van der Waals surface area contributed by atoms with Crippen molar-refractivity contribution in [1.29, 1.82) is 0 Å². The molecule has 2 amide bonds. The van der Waals surface area contributed by atoms with E-state index in [0.29, 0.717) is 52.5 Å². The van der Waals surface area contributed by atoms with Gasteiger partial charge in [0.2, 0.25) is 11.8 Å². The minimum atomic E-state index is -1.00. The number of unbranched alkanes of at least 4 members (excludes halogenated alkanes) is 1. The van der Waals surface area contributed by atoms with Gasteiger partial charge in [-0.1, -0.05) is 0 Å². The van der Waals surface area contributed by atoms with Crippen molar-refractivity contribution in [3.63, 3.8) is 0 Å². The minimum absolute atomic E-state index is 0.00193. The number of carbonyl (C=O) groups excluding carboxylic acids is 3. The van der Waals surface area contributed by atoms with Crippen LogP contribution in [0.25, 0.3) is 0 Å². The molecule has 2 atom stereocenters. The van der Waals surface area contributed by atoms with E-state index >= 15 is 0 Å². The number of likely N-dealkylation sites (tertiary alicyclic amines) is 1. The van der Waals surface area contributed by atoms with Gasteiger partial charge in [-0.15, -0.1) is 11.8 Å². The molecule has 11 heteroatoms. The molecule has 0 saturated carbocycles. The standard InChI is InChI=1S/C21H36N2O8S/c1-3-29-10-11-31-13-12-30-9-5-4-6-16(24)7-8-23-19(25)14-18(20(23)26)32-15-17(22-2)21(27)28/h17-18,22H,3-15H2,1-2H3,(H,27,28). The number of rotatable bonds is 20. The van der Waals surface area contributed by atoms with Crippen LogP contribution in [0.1, 0.15) is 39.0 Å². The fraction of sp³-hybridized carbons (Fsp3) is 0.810. The number of aliphatic carboxylic acids is 1. The molecule has 1 aliphatic heterocycles. The zero-order valence-electron chi connectivity index (χ0n) is 19.0. The summed E-state index contributed by atoms with van der Waals surface area (Å²) in [4.78, 5) is 48.8. The highest BCUT2D eigenvalue weighted by atomic mass is 32.2. The minimum Gasteiger partial charge on any atom is -0.480 e. The topological polar surface area (TPSA) is 131 Å². The third-order valence-electron chi connectivity index (χ3n) is 4.87. The number of carboxylic acid groups (broad SMARTS) is 1. The van der Waals surface area contributed by atoms with E-state index in [4.69, 9.17) is 19.3 Å². The van der Waals surface area contributed by atoms with Crippen LogP contribution in [-0.2, 0) is 33.4 Å². The zero-order valence-corrected chi connectivity index (χ0v) is 19.8. The number of likely N-dealkylation sites (N-methyl/N-ethyl adjacent to an activating group) is 1. The van der Waals surface area contributed by atoms with Crippen LogP contribution >= 0.6 is 11.8 Å². The van der Waals surface area contributed by atoms with Crippen molar-refractivity contribution in [2.24, 2.45) is 0 Å². The predicted octanol–water partition coefficient (Wildman–Crippen LogP) is 0.719. The van der Waals surface area contributed by atoms with E-state index < -0.39 is 17.3 Å². The summed E-state index contributed by atoms with van der Waals surface area (Å²) in [6.45, 7) is 5.37. The van der Waals surface area contributed by atoms with E-state index in [2.05, 4.69) is 5.32 Å². The smallest absolute Gasteiger partial charge is 0.321 e. The van der Waals surface area contributed by atoms with Crippen molar-refractivity contribution < 1.29 is 38.5 Å². The van der Waals surface area contributed by atoms with Gasteiger partial charge in [0.1, 0.15) is 11.8 Å². The molecular formula is C21H36N2O8S. The molecule has 0 aliphatic carbocycles.